The van der Waals surface area contributed by atoms with Gasteiger partial charge in [-0.2, -0.15) is 0 Å². The Balaban J connectivity index is 1.68. The Labute approximate surface area is 149 Å². The molecule has 0 radical (unpaired) electrons. The van der Waals surface area contributed by atoms with Crippen molar-refractivity contribution >= 4 is 5.91 Å². The van der Waals surface area contributed by atoms with Gasteiger partial charge in [0.25, 0.3) is 5.91 Å². The third kappa shape index (κ3) is 4.40. The van der Waals surface area contributed by atoms with Crippen LogP contribution in [-0.4, -0.2) is 35.1 Å². The van der Waals surface area contributed by atoms with Crippen LogP contribution in [-0.2, 0) is 6.61 Å². The number of hydrogen-bond donors (Lipinski definition) is 1. The van der Waals surface area contributed by atoms with E-state index in [1.807, 2.05) is 53.4 Å². The summed E-state index contributed by atoms with van der Waals surface area (Å²) in [5, 5.41) is 9.41. The lowest BCUT2D eigenvalue weighted by Crippen LogP contribution is -2.46. The van der Waals surface area contributed by atoms with E-state index in [9.17, 15) is 9.90 Å². The number of rotatable bonds is 5. The van der Waals surface area contributed by atoms with Crippen molar-refractivity contribution in [2.24, 2.45) is 5.92 Å². The van der Waals surface area contributed by atoms with Gasteiger partial charge in [0.1, 0.15) is 12.4 Å². The number of nitrogens with zero attached hydrogens (tertiary/aromatic N) is 1. The number of aliphatic hydroxyl groups excluding tert-OH is 1. The first-order valence-electron chi connectivity index (χ1n) is 8.86. The van der Waals surface area contributed by atoms with Crippen molar-refractivity contribution in [2.45, 2.75) is 32.4 Å². The van der Waals surface area contributed by atoms with Gasteiger partial charge in [-0.3, -0.25) is 4.79 Å². The van der Waals surface area contributed by atoms with Crippen LogP contribution in [0.3, 0.4) is 0 Å². The number of piperidine rings is 1. The number of aliphatic hydroxyl groups is 1. The number of carbonyl (C=O) groups is 1. The Morgan fingerprint density at radius 3 is 2.72 bits per heavy atom. The van der Waals surface area contributed by atoms with Crippen LogP contribution in [0.2, 0.25) is 0 Å². The number of benzene rings is 2. The van der Waals surface area contributed by atoms with E-state index in [4.69, 9.17) is 4.74 Å². The molecule has 4 heteroatoms. The molecular formula is C21H25NO3. The van der Waals surface area contributed by atoms with Crippen LogP contribution in [0.4, 0.5) is 0 Å². The molecule has 2 aromatic rings. The number of ether oxygens (including phenoxy) is 1. The van der Waals surface area contributed by atoms with Gasteiger partial charge in [0.05, 0.1) is 0 Å². The first-order chi connectivity index (χ1) is 12.2. The molecule has 2 unspecified atom stereocenters. The van der Waals surface area contributed by atoms with E-state index in [-0.39, 0.29) is 24.5 Å². The summed E-state index contributed by atoms with van der Waals surface area (Å²) < 4.78 is 5.83. The minimum Gasteiger partial charge on any atom is -0.489 e. The highest BCUT2D eigenvalue weighted by molar-refractivity contribution is 5.94. The molecule has 1 fully saturated rings. The monoisotopic (exact) mass is 339 g/mol. The largest absolute Gasteiger partial charge is 0.489 e. The maximum atomic E-state index is 12.9. The van der Waals surface area contributed by atoms with Gasteiger partial charge in [-0.05, 0) is 49.4 Å². The van der Waals surface area contributed by atoms with E-state index in [0.717, 1.165) is 18.4 Å². The molecule has 1 heterocycles. The molecule has 1 aliphatic heterocycles. The van der Waals surface area contributed by atoms with Crippen LogP contribution < -0.4 is 4.74 Å². The Morgan fingerprint density at radius 2 is 1.96 bits per heavy atom. The van der Waals surface area contributed by atoms with Gasteiger partial charge in [-0.15, -0.1) is 0 Å². The average Bonchev–Trinajstić information content (AvgIpc) is 2.67. The molecule has 3 rings (SSSR count). The molecule has 2 atom stereocenters. The second kappa shape index (κ2) is 8.17. The number of likely N-dealkylation sites (tertiary alicyclic amines) is 1. The van der Waals surface area contributed by atoms with E-state index < -0.39 is 0 Å². The summed E-state index contributed by atoms with van der Waals surface area (Å²) in [6.07, 6.45) is 1.91. The Hall–Kier alpha value is -2.33. The van der Waals surface area contributed by atoms with Crippen molar-refractivity contribution in [1.82, 2.24) is 4.90 Å². The second-order valence-corrected chi connectivity index (χ2v) is 6.73. The standard InChI is InChI=1S/C21H25NO3/c1-16-10-11-18(14-23)13-22(16)21(24)19-8-5-9-20(12-19)25-15-17-6-3-2-4-7-17/h2-9,12,16,18,23H,10-11,13-15H2,1H3. The van der Waals surface area contributed by atoms with Gasteiger partial charge in [0.15, 0.2) is 0 Å². The summed E-state index contributed by atoms with van der Waals surface area (Å²) >= 11 is 0. The van der Waals surface area contributed by atoms with Crippen molar-refractivity contribution in [3.8, 4) is 5.75 Å². The molecule has 0 spiro atoms. The molecule has 2 aromatic carbocycles. The molecule has 0 bridgehead atoms. The Kier molecular flexibility index (Phi) is 5.71. The molecule has 4 nitrogen and oxygen atoms in total. The second-order valence-electron chi connectivity index (χ2n) is 6.73. The minimum atomic E-state index is 0.0100. The van der Waals surface area contributed by atoms with Gasteiger partial charge in [0, 0.05) is 24.8 Å². The molecule has 0 saturated carbocycles. The van der Waals surface area contributed by atoms with Crippen molar-refractivity contribution in [3.63, 3.8) is 0 Å². The zero-order valence-electron chi connectivity index (χ0n) is 14.6. The quantitative estimate of drug-likeness (QED) is 0.907. The van der Waals surface area contributed by atoms with Crippen LogP contribution in [0.5, 0.6) is 5.75 Å². The van der Waals surface area contributed by atoms with Crippen molar-refractivity contribution in [1.29, 1.82) is 0 Å². The van der Waals surface area contributed by atoms with Gasteiger partial charge in [-0.1, -0.05) is 36.4 Å². The van der Waals surface area contributed by atoms with Crippen molar-refractivity contribution in [3.05, 3.63) is 65.7 Å². The van der Waals surface area contributed by atoms with E-state index in [2.05, 4.69) is 6.92 Å². The topological polar surface area (TPSA) is 49.8 Å². The molecule has 25 heavy (non-hydrogen) atoms. The molecule has 1 amide bonds. The van der Waals surface area contributed by atoms with Crippen LogP contribution in [0, 0.1) is 5.92 Å². The highest BCUT2D eigenvalue weighted by Gasteiger charge is 2.29. The number of amides is 1. The summed E-state index contributed by atoms with van der Waals surface area (Å²) in [6.45, 7) is 3.30. The fraction of sp³-hybridized carbons (Fsp3) is 0.381. The van der Waals surface area contributed by atoms with E-state index in [0.29, 0.717) is 24.5 Å². The van der Waals surface area contributed by atoms with Gasteiger partial charge in [-0.25, -0.2) is 0 Å². The fourth-order valence-electron chi connectivity index (χ4n) is 3.24. The molecule has 132 valence electrons. The van der Waals surface area contributed by atoms with Crippen LogP contribution >= 0.6 is 0 Å². The maximum Gasteiger partial charge on any atom is 0.254 e. The van der Waals surface area contributed by atoms with Crippen LogP contribution in [0.1, 0.15) is 35.7 Å². The third-order valence-electron chi connectivity index (χ3n) is 4.83. The van der Waals surface area contributed by atoms with E-state index in [1.165, 1.54) is 0 Å². The predicted octanol–water partition coefficient (Wildman–Crippen LogP) is 3.50. The molecule has 1 aliphatic rings. The number of carbonyl (C=O) groups excluding carboxylic acids is 1. The predicted molar refractivity (Wildman–Crippen MR) is 97.5 cm³/mol. The minimum absolute atomic E-state index is 0.0100. The summed E-state index contributed by atoms with van der Waals surface area (Å²) in [5.74, 6) is 0.881. The summed E-state index contributed by atoms with van der Waals surface area (Å²) in [5.41, 5.74) is 1.73. The SMILES string of the molecule is CC1CCC(CO)CN1C(=O)c1cccc(OCc2ccccc2)c1. The van der Waals surface area contributed by atoms with Gasteiger partial charge >= 0.3 is 0 Å². The van der Waals surface area contributed by atoms with Crippen LogP contribution in [0.15, 0.2) is 54.6 Å². The Morgan fingerprint density at radius 1 is 1.16 bits per heavy atom. The summed E-state index contributed by atoms with van der Waals surface area (Å²) in [4.78, 5) is 14.8. The fourth-order valence-corrected chi connectivity index (χ4v) is 3.24. The van der Waals surface area contributed by atoms with Crippen molar-refractivity contribution in [2.75, 3.05) is 13.2 Å². The zero-order chi connectivity index (χ0) is 17.6. The Bertz CT molecular complexity index is 701. The molecule has 0 aliphatic carbocycles. The smallest absolute Gasteiger partial charge is 0.254 e. The lowest BCUT2D eigenvalue weighted by atomic mass is 9.93. The van der Waals surface area contributed by atoms with E-state index >= 15 is 0 Å². The summed E-state index contributed by atoms with van der Waals surface area (Å²) in [7, 11) is 0. The molecular weight excluding hydrogens is 314 g/mol. The first kappa shape index (κ1) is 17.5. The zero-order valence-corrected chi connectivity index (χ0v) is 14.6. The van der Waals surface area contributed by atoms with E-state index in [1.54, 1.807) is 6.07 Å². The highest BCUT2D eigenvalue weighted by Crippen LogP contribution is 2.24. The average molecular weight is 339 g/mol. The van der Waals surface area contributed by atoms with Crippen LogP contribution in [0.25, 0.3) is 0 Å². The first-order valence-corrected chi connectivity index (χ1v) is 8.86. The highest BCUT2D eigenvalue weighted by atomic mass is 16.5. The van der Waals surface area contributed by atoms with Gasteiger partial charge < -0.3 is 14.7 Å². The lowest BCUT2D eigenvalue weighted by molar-refractivity contribution is 0.0488. The number of hydrogen-bond acceptors (Lipinski definition) is 3. The molecule has 0 aromatic heterocycles. The molecule has 1 N–H and O–H groups in total. The maximum absolute atomic E-state index is 12.9. The third-order valence-corrected chi connectivity index (χ3v) is 4.83. The van der Waals surface area contributed by atoms with Crippen molar-refractivity contribution < 1.29 is 14.6 Å². The molecule has 1 saturated heterocycles. The lowest BCUT2D eigenvalue weighted by Gasteiger charge is -2.37. The normalized spacial score (nSPS) is 20.3. The summed E-state index contributed by atoms with van der Waals surface area (Å²) in [6, 6.07) is 17.5. The van der Waals surface area contributed by atoms with Gasteiger partial charge in [0.2, 0.25) is 0 Å².